The minimum Gasteiger partial charge on any atom is -0.444 e. The molecule has 0 bridgehead atoms. The molecule has 0 aliphatic rings. The lowest BCUT2D eigenvalue weighted by Crippen LogP contribution is -2.38. The number of nitrogens with zero attached hydrogens (tertiary/aromatic N) is 2. The van der Waals surface area contributed by atoms with Gasteiger partial charge in [0, 0.05) is 25.8 Å². The zero-order valence-electron chi connectivity index (χ0n) is 17.1. The average molecular weight is 434 g/mol. The molecule has 0 heterocycles. The number of ether oxygens (including phenoxy) is 1. The highest BCUT2D eigenvalue weighted by Crippen LogP contribution is 2.27. The number of likely N-dealkylation sites (N-methyl/N-ethyl adjacent to an activating group) is 1. The summed E-state index contributed by atoms with van der Waals surface area (Å²) in [5.41, 5.74) is -0.413. The van der Waals surface area contributed by atoms with Crippen molar-refractivity contribution in [3.8, 4) is 0 Å². The topological polar surface area (TPSA) is 96.0 Å². The molecule has 8 nitrogen and oxygen atoms in total. The standard InChI is InChI=1S/C18H28ClN3O5S/c1-7-22(8-2)28(25,26)15-11-13(9-10-14(15)19)20-16(23)12-21(6)17(24)27-18(3,4)5/h9-11H,7-8,12H2,1-6H3,(H,20,23). The molecule has 1 aromatic rings. The first kappa shape index (κ1) is 24.2. The van der Waals surface area contributed by atoms with Crippen molar-refractivity contribution >= 4 is 39.3 Å². The van der Waals surface area contributed by atoms with Crippen LogP contribution in [0.25, 0.3) is 0 Å². The van der Waals surface area contributed by atoms with Gasteiger partial charge in [-0.05, 0) is 39.0 Å². The number of amides is 2. The zero-order chi connectivity index (χ0) is 21.7. The molecule has 1 rings (SSSR count). The second-order valence-electron chi connectivity index (χ2n) is 7.12. The number of sulfonamides is 1. The zero-order valence-corrected chi connectivity index (χ0v) is 18.6. The second kappa shape index (κ2) is 9.58. The van der Waals surface area contributed by atoms with Gasteiger partial charge in [0.25, 0.3) is 0 Å². The van der Waals surface area contributed by atoms with Crippen LogP contribution >= 0.6 is 11.6 Å². The van der Waals surface area contributed by atoms with Crippen molar-refractivity contribution in [2.75, 3.05) is 32.0 Å². The van der Waals surface area contributed by atoms with Gasteiger partial charge in [-0.2, -0.15) is 4.31 Å². The molecule has 2 amide bonds. The van der Waals surface area contributed by atoms with E-state index in [4.69, 9.17) is 16.3 Å². The summed E-state index contributed by atoms with van der Waals surface area (Å²) in [5.74, 6) is -0.498. The highest BCUT2D eigenvalue weighted by molar-refractivity contribution is 7.89. The van der Waals surface area contributed by atoms with Crippen molar-refractivity contribution in [1.29, 1.82) is 0 Å². The average Bonchev–Trinajstić information content (AvgIpc) is 2.55. The van der Waals surface area contributed by atoms with Gasteiger partial charge in [-0.3, -0.25) is 4.79 Å². The van der Waals surface area contributed by atoms with Gasteiger partial charge in [0.1, 0.15) is 17.0 Å². The lowest BCUT2D eigenvalue weighted by molar-refractivity contribution is -0.117. The first-order valence-corrected chi connectivity index (χ1v) is 10.7. The number of benzene rings is 1. The molecule has 0 fully saturated rings. The third-order valence-electron chi connectivity index (χ3n) is 3.62. The van der Waals surface area contributed by atoms with E-state index in [-0.39, 0.29) is 22.2 Å². The van der Waals surface area contributed by atoms with Gasteiger partial charge in [0.2, 0.25) is 15.9 Å². The van der Waals surface area contributed by atoms with Crippen molar-refractivity contribution < 1.29 is 22.7 Å². The maximum absolute atomic E-state index is 12.7. The Bertz CT molecular complexity index is 817. The van der Waals surface area contributed by atoms with Crippen LogP contribution in [0, 0.1) is 0 Å². The normalized spacial score (nSPS) is 12.0. The van der Waals surface area contributed by atoms with E-state index in [1.807, 2.05) is 0 Å². The predicted molar refractivity (Wildman–Crippen MR) is 109 cm³/mol. The van der Waals surface area contributed by atoms with Gasteiger partial charge < -0.3 is 15.0 Å². The quantitative estimate of drug-likeness (QED) is 0.712. The molecule has 1 aromatic carbocycles. The molecule has 0 radical (unpaired) electrons. The summed E-state index contributed by atoms with van der Waals surface area (Å²) in [7, 11) is -2.35. The first-order valence-electron chi connectivity index (χ1n) is 8.85. The van der Waals surface area contributed by atoms with Crippen molar-refractivity contribution in [2.45, 2.75) is 45.1 Å². The van der Waals surface area contributed by atoms with Crippen LogP contribution in [0.1, 0.15) is 34.6 Å². The molecule has 158 valence electrons. The molecule has 0 aliphatic heterocycles. The maximum Gasteiger partial charge on any atom is 0.410 e. The Labute approximate surface area is 171 Å². The number of carbonyl (C=O) groups is 2. The van der Waals surface area contributed by atoms with E-state index in [1.165, 1.54) is 29.6 Å². The van der Waals surface area contributed by atoms with Crippen molar-refractivity contribution in [3.05, 3.63) is 23.2 Å². The van der Waals surface area contributed by atoms with E-state index in [2.05, 4.69) is 5.32 Å². The van der Waals surface area contributed by atoms with Crippen LogP contribution in [0.3, 0.4) is 0 Å². The molecular weight excluding hydrogens is 406 g/mol. The van der Waals surface area contributed by atoms with E-state index in [0.717, 1.165) is 4.90 Å². The van der Waals surface area contributed by atoms with E-state index in [9.17, 15) is 18.0 Å². The van der Waals surface area contributed by atoms with Crippen LogP contribution in [-0.2, 0) is 19.6 Å². The molecule has 1 N–H and O–H groups in total. The number of halogens is 1. The number of carbonyl (C=O) groups excluding carboxylic acids is 2. The number of nitrogens with one attached hydrogen (secondary N) is 1. The predicted octanol–water partition coefficient (Wildman–Crippen LogP) is 3.18. The highest BCUT2D eigenvalue weighted by atomic mass is 35.5. The second-order valence-corrected chi connectivity index (χ2v) is 9.43. The van der Waals surface area contributed by atoms with Gasteiger partial charge in [0.05, 0.1) is 5.02 Å². The van der Waals surface area contributed by atoms with Crippen molar-refractivity contribution in [2.24, 2.45) is 0 Å². The molecule has 0 spiro atoms. The molecule has 0 saturated carbocycles. The fraction of sp³-hybridized carbons (Fsp3) is 0.556. The van der Waals surface area contributed by atoms with Crippen LogP contribution in [0.2, 0.25) is 5.02 Å². The van der Waals surface area contributed by atoms with Gasteiger partial charge in [0.15, 0.2) is 0 Å². The fourth-order valence-corrected chi connectivity index (χ4v) is 4.26. The van der Waals surface area contributed by atoms with Gasteiger partial charge >= 0.3 is 6.09 Å². The lowest BCUT2D eigenvalue weighted by Gasteiger charge is -2.24. The van der Waals surface area contributed by atoms with Crippen LogP contribution in [0.15, 0.2) is 23.1 Å². The van der Waals surface area contributed by atoms with E-state index >= 15 is 0 Å². The smallest absolute Gasteiger partial charge is 0.410 e. The lowest BCUT2D eigenvalue weighted by atomic mass is 10.2. The summed E-state index contributed by atoms with van der Waals surface area (Å²) in [6.45, 7) is 8.98. The van der Waals surface area contributed by atoms with Crippen LogP contribution in [-0.4, -0.2) is 61.9 Å². The van der Waals surface area contributed by atoms with E-state index < -0.39 is 27.6 Å². The van der Waals surface area contributed by atoms with E-state index in [0.29, 0.717) is 13.1 Å². The Morgan fingerprint density at radius 2 is 1.75 bits per heavy atom. The molecule has 10 heteroatoms. The Balaban J connectivity index is 2.94. The summed E-state index contributed by atoms with van der Waals surface area (Å²) >= 11 is 6.07. The molecule has 0 unspecified atom stereocenters. The number of hydrogen-bond acceptors (Lipinski definition) is 5. The van der Waals surface area contributed by atoms with Gasteiger partial charge in [-0.25, -0.2) is 13.2 Å². The fourth-order valence-electron chi connectivity index (χ4n) is 2.30. The minimum atomic E-state index is -3.78. The van der Waals surface area contributed by atoms with Crippen LogP contribution in [0.5, 0.6) is 0 Å². The summed E-state index contributed by atoms with van der Waals surface area (Å²) in [4.78, 5) is 25.2. The van der Waals surface area contributed by atoms with Crippen molar-refractivity contribution in [1.82, 2.24) is 9.21 Å². The largest absolute Gasteiger partial charge is 0.444 e. The Hall–Kier alpha value is -1.84. The maximum atomic E-state index is 12.7. The first-order chi connectivity index (χ1) is 12.8. The summed E-state index contributed by atoms with van der Waals surface area (Å²) in [6, 6.07) is 4.21. The highest BCUT2D eigenvalue weighted by Gasteiger charge is 2.25. The molecule has 0 atom stereocenters. The Morgan fingerprint density at radius 3 is 2.25 bits per heavy atom. The Morgan fingerprint density at radius 1 is 1.18 bits per heavy atom. The van der Waals surface area contributed by atoms with Crippen molar-refractivity contribution in [3.63, 3.8) is 0 Å². The molecular formula is C18H28ClN3O5S. The van der Waals surface area contributed by atoms with E-state index in [1.54, 1.807) is 34.6 Å². The summed E-state index contributed by atoms with van der Waals surface area (Å²) in [5, 5.41) is 2.64. The summed E-state index contributed by atoms with van der Waals surface area (Å²) < 4.78 is 31.9. The molecule has 0 saturated heterocycles. The third kappa shape index (κ3) is 6.65. The third-order valence-corrected chi connectivity index (χ3v) is 6.16. The van der Waals surface area contributed by atoms with Gasteiger partial charge in [-0.1, -0.05) is 25.4 Å². The minimum absolute atomic E-state index is 0.0655. The number of rotatable bonds is 7. The van der Waals surface area contributed by atoms with Crippen LogP contribution < -0.4 is 5.32 Å². The Kier molecular flexibility index (Phi) is 8.28. The molecule has 0 aliphatic carbocycles. The molecule has 0 aromatic heterocycles. The monoisotopic (exact) mass is 433 g/mol. The SMILES string of the molecule is CCN(CC)S(=O)(=O)c1cc(NC(=O)CN(C)C(=O)OC(C)(C)C)ccc1Cl. The van der Waals surface area contributed by atoms with Crippen LogP contribution in [0.4, 0.5) is 10.5 Å². The molecule has 28 heavy (non-hydrogen) atoms. The number of anilines is 1. The number of hydrogen-bond donors (Lipinski definition) is 1. The van der Waals surface area contributed by atoms with Gasteiger partial charge in [-0.15, -0.1) is 0 Å². The summed E-state index contributed by atoms with van der Waals surface area (Å²) in [6.07, 6.45) is -0.636.